The Kier molecular flexibility index (Phi) is 6.22. The summed E-state index contributed by atoms with van der Waals surface area (Å²) in [6.45, 7) is 3.30. The highest BCUT2D eigenvalue weighted by molar-refractivity contribution is 7.89. The molecule has 31 heavy (non-hydrogen) atoms. The van der Waals surface area contributed by atoms with Crippen LogP contribution in [0.2, 0.25) is 0 Å². The van der Waals surface area contributed by atoms with Crippen LogP contribution >= 0.6 is 0 Å². The highest BCUT2D eigenvalue weighted by atomic mass is 32.2. The zero-order valence-electron chi connectivity index (χ0n) is 17.5. The van der Waals surface area contributed by atoms with Crippen LogP contribution in [-0.2, 0) is 26.2 Å². The first-order valence-electron chi connectivity index (χ1n) is 10.5. The number of carbonyl (C=O) groups is 2. The molecule has 2 aliphatic heterocycles. The number of sulfonamides is 1. The summed E-state index contributed by atoms with van der Waals surface area (Å²) in [6, 6.07) is 15.7. The van der Waals surface area contributed by atoms with Crippen LogP contribution in [0.4, 0.5) is 0 Å². The average molecular weight is 442 g/mol. The molecule has 1 atom stereocenters. The maximum Gasteiger partial charge on any atom is 0.247 e. The molecule has 0 unspecified atom stereocenters. The minimum absolute atomic E-state index is 0.152. The number of amides is 2. The van der Waals surface area contributed by atoms with Crippen LogP contribution in [0.15, 0.2) is 59.5 Å². The van der Waals surface area contributed by atoms with Gasteiger partial charge in [-0.15, -0.1) is 0 Å². The number of likely N-dealkylation sites (tertiary alicyclic amines) is 2. The molecule has 8 heteroatoms. The first-order chi connectivity index (χ1) is 14.8. The minimum atomic E-state index is -3.58. The van der Waals surface area contributed by atoms with Crippen molar-refractivity contribution in [2.24, 2.45) is 0 Å². The third-order valence-electron chi connectivity index (χ3n) is 6.00. The van der Waals surface area contributed by atoms with Crippen LogP contribution in [-0.4, -0.2) is 55.2 Å². The Hall–Kier alpha value is -2.55. The van der Waals surface area contributed by atoms with Crippen LogP contribution in [0.25, 0.3) is 0 Å². The third kappa shape index (κ3) is 4.87. The zero-order chi connectivity index (χ0) is 22.0. The summed E-state index contributed by atoms with van der Waals surface area (Å²) in [4.78, 5) is 29.0. The van der Waals surface area contributed by atoms with Crippen molar-refractivity contribution in [2.75, 3.05) is 13.1 Å². The van der Waals surface area contributed by atoms with Crippen molar-refractivity contribution in [3.05, 3.63) is 65.7 Å². The molecule has 2 heterocycles. The zero-order valence-corrected chi connectivity index (χ0v) is 18.3. The summed E-state index contributed by atoms with van der Waals surface area (Å²) in [7, 11) is -3.58. The minimum Gasteiger partial charge on any atom is -0.291 e. The molecule has 0 saturated carbocycles. The van der Waals surface area contributed by atoms with Crippen LogP contribution in [0, 0.1) is 6.92 Å². The molecule has 1 N–H and O–H groups in total. The summed E-state index contributed by atoms with van der Waals surface area (Å²) in [5.74, 6) is -0.311. The molecule has 0 aromatic heterocycles. The van der Waals surface area contributed by atoms with Crippen LogP contribution in [0.1, 0.15) is 30.4 Å². The van der Waals surface area contributed by atoms with Gasteiger partial charge in [-0.2, -0.15) is 0 Å². The molecule has 0 radical (unpaired) electrons. The molecule has 2 fully saturated rings. The van der Waals surface area contributed by atoms with Gasteiger partial charge in [0.25, 0.3) is 0 Å². The number of piperidine rings is 1. The Morgan fingerprint density at radius 1 is 1.00 bits per heavy atom. The van der Waals surface area contributed by atoms with Gasteiger partial charge < -0.3 is 0 Å². The van der Waals surface area contributed by atoms with Crippen molar-refractivity contribution in [1.29, 1.82) is 0 Å². The summed E-state index contributed by atoms with van der Waals surface area (Å²) in [6.07, 6.45) is 1.38. The summed E-state index contributed by atoms with van der Waals surface area (Å²) >= 11 is 0. The quantitative estimate of drug-likeness (QED) is 0.694. The lowest BCUT2D eigenvalue weighted by Crippen LogP contribution is -2.50. The topological polar surface area (TPSA) is 86.8 Å². The summed E-state index contributed by atoms with van der Waals surface area (Å²) in [5, 5.41) is 0. The number of imide groups is 1. The van der Waals surface area contributed by atoms with Crippen molar-refractivity contribution in [2.45, 2.75) is 49.7 Å². The van der Waals surface area contributed by atoms with E-state index in [2.05, 4.69) is 4.72 Å². The van der Waals surface area contributed by atoms with E-state index in [1.807, 2.05) is 48.2 Å². The maximum absolute atomic E-state index is 12.9. The van der Waals surface area contributed by atoms with Gasteiger partial charge in [0, 0.05) is 19.1 Å². The fourth-order valence-electron chi connectivity index (χ4n) is 4.28. The molecule has 4 rings (SSSR count). The molecule has 2 aliphatic rings. The summed E-state index contributed by atoms with van der Waals surface area (Å²) in [5.41, 5.74) is 1.82. The van der Waals surface area contributed by atoms with Gasteiger partial charge in [0.05, 0.1) is 23.9 Å². The van der Waals surface area contributed by atoms with Crippen LogP contribution in [0.5, 0.6) is 0 Å². The van der Waals surface area contributed by atoms with Crippen molar-refractivity contribution < 1.29 is 18.0 Å². The van der Waals surface area contributed by atoms with E-state index in [0.29, 0.717) is 32.5 Å². The van der Waals surface area contributed by atoms with Crippen molar-refractivity contribution in [3.8, 4) is 0 Å². The second-order valence-corrected chi connectivity index (χ2v) is 9.99. The van der Waals surface area contributed by atoms with Gasteiger partial charge in [0.1, 0.15) is 0 Å². The lowest BCUT2D eigenvalue weighted by atomic mass is 10.0. The molecule has 2 aromatic carbocycles. The molecule has 2 amide bonds. The Labute approximate surface area is 183 Å². The number of rotatable bonds is 6. The SMILES string of the molecule is Cc1cccc(S(=O)(=O)NC2CCN([C@H]3CC(=O)N(Cc4ccccc4)C3=O)CC2)c1. The van der Waals surface area contributed by atoms with Gasteiger partial charge in [0.2, 0.25) is 21.8 Å². The lowest BCUT2D eigenvalue weighted by molar-refractivity contribution is -0.140. The van der Waals surface area contributed by atoms with E-state index < -0.39 is 16.1 Å². The highest BCUT2D eigenvalue weighted by Gasteiger charge is 2.42. The number of hydrogen-bond acceptors (Lipinski definition) is 5. The molecule has 0 aliphatic carbocycles. The van der Waals surface area contributed by atoms with Crippen LogP contribution in [0.3, 0.4) is 0 Å². The van der Waals surface area contributed by atoms with E-state index in [1.165, 1.54) is 4.90 Å². The second-order valence-electron chi connectivity index (χ2n) is 8.27. The van der Waals surface area contributed by atoms with Gasteiger partial charge in [-0.1, -0.05) is 42.5 Å². The smallest absolute Gasteiger partial charge is 0.247 e. The molecule has 164 valence electrons. The average Bonchev–Trinajstić information content (AvgIpc) is 3.03. The maximum atomic E-state index is 12.9. The largest absolute Gasteiger partial charge is 0.291 e. The molecular weight excluding hydrogens is 414 g/mol. The molecule has 7 nitrogen and oxygen atoms in total. The van der Waals surface area contributed by atoms with Gasteiger partial charge >= 0.3 is 0 Å². The Morgan fingerprint density at radius 3 is 2.39 bits per heavy atom. The molecule has 0 spiro atoms. The van der Waals surface area contributed by atoms with E-state index >= 15 is 0 Å². The predicted octanol–water partition coefficient (Wildman–Crippen LogP) is 2.07. The number of carbonyl (C=O) groups excluding carboxylic acids is 2. The van der Waals surface area contributed by atoms with Gasteiger partial charge in [0.15, 0.2) is 0 Å². The molecule has 2 aromatic rings. The fraction of sp³-hybridized carbons (Fsp3) is 0.391. The molecular formula is C23H27N3O4S. The van der Waals surface area contributed by atoms with Gasteiger partial charge in [-0.25, -0.2) is 13.1 Å². The highest BCUT2D eigenvalue weighted by Crippen LogP contribution is 2.25. The standard InChI is InChI=1S/C23H27N3O4S/c1-17-6-5-9-20(14-17)31(29,30)24-19-10-12-25(13-11-19)21-15-22(27)26(23(21)28)16-18-7-3-2-4-8-18/h2-9,14,19,21,24H,10-13,15-16H2,1H3/t21-/m0/s1. The van der Waals surface area contributed by atoms with E-state index in [0.717, 1.165) is 11.1 Å². The first kappa shape index (κ1) is 21.7. The summed E-state index contributed by atoms with van der Waals surface area (Å²) < 4.78 is 28.1. The Morgan fingerprint density at radius 2 is 1.71 bits per heavy atom. The Balaban J connectivity index is 1.34. The number of benzene rings is 2. The third-order valence-corrected chi connectivity index (χ3v) is 7.51. The molecule has 2 saturated heterocycles. The predicted molar refractivity (Wildman–Crippen MR) is 116 cm³/mol. The van der Waals surface area contributed by atoms with Gasteiger partial charge in [-0.3, -0.25) is 19.4 Å². The van der Waals surface area contributed by atoms with Crippen LogP contribution < -0.4 is 4.72 Å². The normalized spacial score (nSPS) is 21.1. The number of hydrogen-bond donors (Lipinski definition) is 1. The van der Waals surface area contributed by atoms with E-state index in [-0.39, 0.29) is 29.2 Å². The first-order valence-corrected chi connectivity index (χ1v) is 12.0. The number of nitrogens with zero attached hydrogens (tertiary/aromatic N) is 2. The number of aryl methyl sites for hydroxylation is 1. The Bertz CT molecular complexity index is 1060. The monoisotopic (exact) mass is 441 g/mol. The van der Waals surface area contributed by atoms with Gasteiger partial charge in [-0.05, 0) is 43.0 Å². The fourth-order valence-corrected chi connectivity index (χ4v) is 5.69. The number of nitrogens with one attached hydrogen (secondary N) is 1. The van der Waals surface area contributed by atoms with Crippen molar-refractivity contribution in [1.82, 2.24) is 14.5 Å². The van der Waals surface area contributed by atoms with Crippen molar-refractivity contribution >= 4 is 21.8 Å². The van der Waals surface area contributed by atoms with Crippen molar-refractivity contribution in [3.63, 3.8) is 0 Å². The second kappa shape index (κ2) is 8.90. The molecule has 0 bridgehead atoms. The lowest BCUT2D eigenvalue weighted by Gasteiger charge is -2.34. The van der Waals surface area contributed by atoms with E-state index in [9.17, 15) is 18.0 Å². The van der Waals surface area contributed by atoms with E-state index in [4.69, 9.17) is 0 Å². The van der Waals surface area contributed by atoms with E-state index in [1.54, 1.807) is 18.2 Å².